The van der Waals surface area contributed by atoms with E-state index in [1.165, 1.54) is 81.0 Å². The molecular formula is C41H56F2N4O7. The summed E-state index contributed by atoms with van der Waals surface area (Å²) in [4.78, 5) is 62.4. The SMILES string of the molecule is CCCCCCCCCCCCCCCCOC(=O)Oc1c2n(cc(C(=O)NCc3ccc(F)cc3F)c1=O)[C@@H]1CN(C2=O)[C@@H](C)CC[C@]12CC(C)=NO2. The molecule has 2 bridgehead atoms. The van der Waals surface area contributed by atoms with Gasteiger partial charge in [-0.05, 0) is 39.2 Å². The van der Waals surface area contributed by atoms with Gasteiger partial charge in [0, 0.05) is 43.4 Å². The lowest BCUT2D eigenvalue weighted by molar-refractivity contribution is -0.0655. The van der Waals surface area contributed by atoms with Crippen LogP contribution in [-0.2, 0) is 16.1 Å². The average Bonchev–Trinajstić information content (AvgIpc) is 3.48. The highest BCUT2D eigenvalue weighted by molar-refractivity contribution is 6.00. The second-order valence-corrected chi connectivity index (χ2v) is 15.2. The number of halogens is 2. The van der Waals surface area contributed by atoms with Crippen molar-refractivity contribution in [1.82, 2.24) is 14.8 Å². The summed E-state index contributed by atoms with van der Waals surface area (Å²) in [7, 11) is 0. The fraction of sp³-hybridized carbons (Fsp3) is 0.634. The molecule has 0 saturated carbocycles. The van der Waals surface area contributed by atoms with Crippen LogP contribution >= 0.6 is 0 Å². The van der Waals surface area contributed by atoms with Crippen LogP contribution in [-0.4, -0.2) is 57.9 Å². The molecule has 296 valence electrons. The van der Waals surface area contributed by atoms with Crippen molar-refractivity contribution in [2.45, 2.75) is 154 Å². The topological polar surface area (TPSA) is 129 Å². The molecule has 2 amide bonds. The van der Waals surface area contributed by atoms with Crippen LogP contribution in [0.4, 0.5) is 13.6 Å². The Labute approximate surface area is 316 Å². The third-order valence-corrected chi connectivity index (χ3v) is 11.0. The van der Waals surface area contributed by atoms with Crippen LogP contribution in [0, 0.1) is 11.6 Å². The Kier molecular flexibility index (Phi) is 14.6. The van der Waals surface area contributed by atoms with Gasteiger partial charge in [-0.15, -0.1) is 0 Å². The minimum absolute atomic E-state index is 0.000804. The summed E-state index contributed by atoms with van der Waals surface area (Å²) in [6, 6.07) is 2.13. The van der Waals surface area contributed by atoms with Crippen LogP contribution in [0.25, 0.3) is 0 Å². The lowest BCUT2D eigenvalue weighted by Gasteiger charge is -2.42. The molecule has 1 spiro atoms. The fourth-order valence-electron chi connectivity index (χ4n) is 7.87. The number of rotatable bonds is 19. The molecule has 13 heteroatoms. The van der Waals surface area contributed by atoms with Gasteiger partial charge in [0.2, 0.25) is 11.2 Å². The van der Waals surface area contributed by atoms with Crippen molar-refractivity contribution >= 4 is 23.7 Å². The van der Waals surface area contributed by atoms with Crippen molar-refractivity contribution in [3.8, 4) is 5.75 Å². The number of hydrogen-bond acceptors (Lipinski definition) is 8. The molecule has 2 aromatic rings. The van der Waals surface area contributed by atoms with Gasteiger partial charge >= 0.3 is 6.16 Å². The molecule has 4 heterocycles. The molecule has 1 aromatic heterocycles. The maximum absolute atomic E-state index is 14.4. The van der Waals surface area contributed by atoms with Gasteiger partial charge in [-0.3, -0.25) is 14.4 Å². The molecule has 3 atom stereocenters. The van der Waals surface area contributed by atoms with Gasteiger partial charge in [0.05, 0.1) is 18.4 Å². The first-order valence-corrected chi connectivity index (χ1v) is 19.9. The van der Waals surface area contributed by atoms with Crippen molar-refractivity contribution in [2.24, 2.45) is 5.16 Å². The van der Waals surface area contributed by atoms with Crippen molar-refractivity contribution in [3.63, 3.8) is 0 Å². The predicted molar refractivity (Wildman–Crippen MR) is 201 cm³/mol. The smallest absolute Gasteiger partial charge is 0.434 e. The molecule has 5 rings (SSSR count). The second kappa shape index (κ2) is 19.3. The van der Waals surface area contributed by atoms with E-state index in [1.807, 2.05) is 13.8 Å². The Hall–Kier alpha value is -4.29. The molecule has 1 fully saturated rings. The first-order chi connectivity index (χ1) is 26.0. The summed E-state index contributed by atoms with van der Waals surface area (Å²) in [5.41, 5.74) is -1.73. The molecule has 1 saturated heterocycles. The van der Waals surface area contributed by atoms with Crippen LogP contribution in [0.2, 0.25) is 0 Å². The van der Waals surface area contributed by atoms with E-state index in [1.54, 1.807) is 4.90 Å². The van der Waals surface area contributed by atoms with Crippen molar-refractivity contribution in [2.75, 3.05) is 13.2 Å². The molecule has 0 aliphatic carbocycles. The van der Waals surface area contributed by atoms with Gasteiger partial charge in [0.1, 0.15) is 17.2 Å². The van der Waals surface area contributed by atoms with Gasteiger partial charge in [-0.2, -0.15) is 0 Å². The molecule has 0 radical (unpaired) electrons. The van der Waals surface area contributed by atoms with Crippen LogP contribution in [0.15, 0.2) is 34.3 Å². The number of aromatic nitrogens is 1. The van der Waals surface area contributed by atoms with E-state index in [9.17, 15) is 28.0 Å². The number of oxime groups is 1. The van der Waals surface area contributed by atoms with E-state index in [0.29, 0.717) is 31.7 Å². The molecule has 0 unspecified atom stereocenters. The summed E-state index contributed by atoms with van der Waals surface area (Å²) in [5.74, 6) is -3.69. The molecule has 1 N–H and O–H groups in total. The van der Waals surface area contributed by atoms with E-state index in [4.69, 9.17) is 14.3 Å². The van der Waals surface area contributed by atoms with E-state index in [0.717, 1.165) is 31.0 Å². The number of nitrogens with zero attached hydrogens (tertiary/aromatic N) is 3. The Morgan fingerprint density at radius 2 is 1.63 bits per heavy atom. The highest BCUT2D eigenvalue weighted by Crippen LogP contribution is 2.46. The van der Waals surface area contributed by atoms with Crippen LogP contribution < -0.4 is 15.5 Å². The van der Waals surface area contributed by atoms with Crippen LogP contribution in [0.3, 0.4) is 0 Å². The highest BCUT2D eigenvalue weighted by atomic mass is 19.1. The van der Waals surface area contributed by atoms with E-state index >= 15 is 0 Å². The summed E-state index contributed by atoms with van der Waals surface area (Å²) in [6.07, 6.45) is 18.2. The number of fused-ring (bicyclic) bond motifs is 5. The molecule has 3 aliphatic rings. The number of unbranched alkanes of at least 4 members (excludes halogenated alkanes) is 13. The fourth-order valence-corrected chi connectivity index (χ4v) is 7.87. The van der Waals surface area contributed by atoms with E-state index in [-0.39, 0.29) is 37.0 Å². The van der Waals surface area contributed by atoms with Crippen molar-refractivity contribution < 1.29 is 37.5 Å². The largest absolute Gasteiger partial charge is 0.514 e. The number of carbonyl (C=O) groups is 3. The summed E-state index contributed by atoms with van der Waals surface area (Å²) in [5, 5.41) is 6.73. The average molecular weight is 755 g/mol. The number of ether oxygens (including phenoxy) is 2. The minimum Gasteiger partial charge on any atom is -0.434 e. The number of pyridine rings is 1. The van der Waals surface area contributed by atoms with Crippen molar-refractivity contribution in [1.29, 1.82) is 0 Å². The Balaban J connectivity index is 1.25. The number of amides is 2. The summed E-state index contributed by atoms with van der Waals surface area (Å²) in [6.45, 7) is 5.92. The number of nitrogens with one attached hydrogen (secondary N) is 1. The van der Waals surface area contributed by atoms with Gasteiger partial charge in [-0.25, -0.2) is 13.6 Å². The zero-order valence-electron chi connectivity index (χ0n) is 32.1. The zero-order chi connectivity index (χ0) is 38.7. The van der Waals surface area contributed by atoms with Gasteiger partial charge in [-0.1, -0.05) is 102 Å². The molecular weight excluding hydrogens is 698 g/mol. The van der Waals surface area contributed by atoms with E-state index < -0.39 is 58.0 Å². The molecule has 11 nitrogen and oxygen atoms in total. The zero-order valence-corrected chi connectivity index (χ0v) is 32.1. The van der Waals surface area contributed by atoms with Crippen LogP contribution in [0.5, 0.6) is 5.75 Å². The Morgan fingerprint density at radius 3 is 2.24 bits per heavy atom. The molecule has 1 aromatic carbocycles. The monoisotopic (exact) mass is 754 g/mol. The maximum atomic E-state index is 14.4. The quantitative estimate of drug-likeness (QED) is 0.112. The number of carbonyl (C=O) groups excluding carboxylic acids is 3. The number of hydrogen-bond donors (Lipinski definition) is 1. The highest BCUT2D eigenvalue weighted by Gasteiger charge is 2.54. The first-order valence-electron chi connectivity index (χ1n) is 19.9. The van der Waals surface area contributed by atoms with E-state index in [2.05, 4.69) is 17.4 Å². The number of benzene rings is 1. The van der Waals surface area contributed by atoms with Gasteiger partial charge < -0.3 is 29.1 Å². The Bertz CT molecular complexity index is 1730. The lowest BCUT2D eigenvalue weighted by Crippen LogP contribution is -2.52. The first kappa shape index (κ1) is 40.9. The van der Waals surface area contributed by atoms with Gasteiger partial charge in [0.25, 0.3) is 11.8 Å². The normalized spacial score (nSPS) is 20.3. The standard InChI is InChI=1S/C41H56F2N4O7/c1-4-5-6-7-8-9-10-11-12-13-14-15-16-17-22-52-40(51)53-37-35-39(50)46-27-34(41(21-20-29(46)3)24-28(2)45-54-41)47(35)26-32(36(37)48)38(49)44-25-30-18-19-31(42)23-33(30)43/h18-19,23,26,29,34H,4-17,20-22,24-25,27H2,1-3H3,(H,44,49)/t29-,34+,41-/m0/s1. The third kappa shape index (κ3) is 10.1. The third-order valence-electron chi connectivity index (χ3n) is 11.0. The second-order valence-electron chi connectivity index (χ2n) is 15.2. The van der Waals surface area contributed by atoms with Crippen LogP contribution in [0.1, 0.15) is 162 Å². The maximum Gasteiger partial charge on any atom is 0.514 e. The van der Waals surface area contributed by atoms with Gasteiger partial charge in [0.15, 0.2) is 11.3 Å². The van der Waals surface area contributed by atoms with Crippen molar-refractivity contribution in [3.05, 3.63) is 63.1 Å². The molecule has 54 heavy (non-hydrogen) atoms. The molecule has 3 aliphatic heterocycles. The predicted octanol–water partition coefficient (Wildman–Crippen LogP) is 8.77. The summed E-state index contributed by atoms with van der Waals surface area (Å²) < 4.78 is 40.2. The lowest BCUT2D eigenvalue weighted by atomic mass is 9.84. The Morgan fingerprint density at radius 1 is 0.981 bits per heavy atom. The summed E-state index contributed by atoms with van der Waals surface area (Å²) >= 11 is 0. The minimum atomic E-state index is -1.16.